The Balaban J connectivity index is 1.67. The van der Waals surface area contributed by atoms with Crippen molar-refractivity contribution in [1.29, 1.82) is 0 Å². The molecule has 1 aromatic heterocycles. The van der Waals surface area contributed by atoms with Crippen molar-refractivity contribution in [2.45, 2.75) is 33.7 Å². The second-order valence-corrected chi connectivity index (χ2v) is 8.56. The molecule has 0 fully saturated rings. The monoisotopic (exact) mass is 442 g/mol. The van der Waals surface area contributed by atoms with Crippen molar-refractivity contribution >= 4 is 16.8 Å². The van der Waals surface area contributed by atoms with Crippen LogP contribution < -0.4 is 5.56 Å². The van der Waals surface area contributed by atoms with Crippen molar-refractivity contribution in [1.82, 2.24) is 9.88 Å². The molecule has 0 aliphatic heterocycles. The predicted octanol–water partition coefficient (Wildman–Crippen LogP) is 5.48. The highest BCUT2D eigenvalue weighted by Gasteiger charge is 2.19. The molecule has 4 rings (SSSR count). The van der Waals surface area contributed by atoms with Gasteiger partial charge in [0.1, 0.15) is 5.82 Å². The van der Waals surface area contributed by atoms with Gasteiger partial charge in [0.05, 0.1) is 6.54 Å². The fourth-order valence-electron chi connectivity index (χ4n) is 4.02. The molecule has 0 spiro atoms. The van der Waals surface area contributed by atoms with Crippen molar-refractivity contribution in [3.8, 4) is 0 Å². The number of amides is 1. The lowest BCUT2D eigenvalue weighted by Crippen LogP contribution is -2.34. The lowest BCUT2D eigenvalue weighted by atomic mass is 10.0. The van der Waals surface area contributed by atoms with Gasteiger partial charge in [-0.15, -0.1) is 0 Å². The van der Waals surface area contributed by atoms with Crippen LogP contribution in [0.1, 0.15) is 38.2 Å². The van der Waals surface area contributed by atoms with Crippen LogP contribution in [-0.2, 0) is 13.0 Å². The third-order valence-corrected chi connectivity index (χ3v) is 6.19. The van der Waals surface area contributed by atoms with E-state index in [1.165, 1.54) is 24.3 Å². The van der Waals surface area contributed by atoms with Crippen LogP contribution in [0.3, 0.4) is 0 Å². The van der Waals surface area contributed by atoms with Crippen molar-refractivity contribution in [2.24, 2.45) is 0 Å². The highest BCUT2D eigenvalue weighted by molar-refractivity contribution is 5.94. The van der Waals surface area contributed by atoms with Gasteiger partial charge in [-0.2, -0.15) is 0 Å². The molecule has 3 aromatic carbocycles. The molecule has 4 nitrogen and oxygen atoms in total. The first-order valence-corrected chi connectivity index (χ1v) is 11.0. The van der Waals surface area contributed by atoms with Gasteiger partial charge in [0.15, 0.2) is 0 Å². The largest absolute Gasteiger partial charge is 0.334 e. The van der Waals surface area contributed by atoms with Crippen molar-refractivity contribution in [2.75, 3.05) is 6.54 Å². The van der Waals surface area contributed by atoms with Crippen LogP contribution in [0.5, 0.6) is 0 Å². The lowest BCUT2D eigenvalue weighted by molar-refractivity contribution is 0.0744. The van der Waals surface area contributed by atoms with E-state index in [1.54, 1.807) is 4.90 Å². The lowest BCUT2D eigenvalue weighted by Gasteiger charge is -2.23. The number of rotatable bonds is 6. The van der Waals surface area contributed by atoms with Crippen LogP contribution in [0.25, 0.3) is 10.9 Å². The van der Waals surface area contributed by atoms with Crippen molar-refractivity contribution in [3.63, 3.8) is 0 Å². The van der Waals surface area contributed by atoms with Gasteiger partial charge in [-0.3, -0.25) is 9.59 Å². The number of fused-ring (bicyclic) bond motifs is 1. The van der Waals surface area contributed by atoms with E-state index in [9.17, 15) is 14.0 Å². The van der Waals surface area contributed by atoms with Gasteiger partial charge in [0.2, 0.25) is 0 Å². The number of nitrogens with zero attached hydrogens (tertiary/aromatic N) is 1. The van der Waals surface area contributed by atoms with Gasteiger partial charge < -0.3 is 9.88 Å². The summed E-state index contributed by atoms with van der Waals surface area (Å²) in [7, 11) is 0. The number of nitrogens with one attached hydrogen (secondary N) is 1. The molecule has 1 N–H and O–H groups in total. The number of aryl methyl sites for hydroxylation is 3. The SMILES string of the molecule is Cc1cc2cc(CN(CCc3ccccc3C)C(=O)c3ccc(F)cc3)c(=O)[nH]c2cc1C. The van der Waals surface area contributed by atoms with Crippen LogP contribution in [-0.4, -0.2) is 22.3 Å². The Kier molecular flexibility index (Phi) is 6.40. The summed E-state index contributed by atoms with van der Waals surface area (Å²) in [5, 5.41) is 0.931. The zero-order valence-corrected chi connectivity index (χ0v) is 19.1. The van der Waals surface area contributed by atoms with Crippen molar-refractivity contribution < 1.29 is 9.18 Å². The van der Waals surface area contributed by atoms with Crippen LogP contribution in [0.15, 0.2) is 71.5 Å². The number of carbonyl (C=O) groups is 1. The molecular formula is C28H27FN2O2. The average Bonchev–Trinajstić information content (AvgIpc) is 2.79. The van der Waals surface area contributed by atoms with E-state index in [4.69, 9.17) is 0 Å². The number of hydrogen-bond donors (Lipinski definition) is 1. The van der Waals surface area contributed by atoms with Gasteiger partial charge in [-0.1, -0.05) is 24.3 Å². The minimum Gasteiger partial charge on any atom is -0.334 e. The molecule has 0 unspecified atom stereocenters. The second kappa shape index (κ2) is 9.41. The molecule has 0 aliphatic rings. The van der Waals surface area contributed by atoms with E-state index in [1.807, 2.05) is 63.2 Å². The zero-order chi connectivity index (χ0) is 23.5. The quantitative estimate of drug-likeness (QED) is 0.430. The fraction of sp³-hybridized carbons (Fsp3) is 0.214. The number of benzene rings is 3. The minimum absolute atomic E-state index is 0.167. The van der Waals surface area contributed by atoms with E-state index in [0.29, 0.717) is 24.1 Å². The maximum absolute atomic E-state index is 13.4. The van der Waals surface area contributed by atoms with E-state index >= 15 is 0 Å². The molecule has 0 saturated carbocycles. The topological polar surface area (TPSA) is 53.2 Å². The van der Waals surface area contributed by atoms with Gasteiger partial charge >= 0.3 is 0 Å². The Hall–Kier alpha value is -3.73. The number of hydrogen-bond acceptors (Lipinski definition) is 2. The predicted molar refractivity (Wildman–Crippen MR) is 130 cm³/mol. The molecular weight excluding hydrogens is 415 g/mol. The summed E-state index contributed by atoms with van der Waals surface area (Å²) in [4.78, 5) is 30.8. The molecule has 0 aliphatic carbocycles. The molecule has 0 bridgehead atoms. The summed E-state index contributed by atoms with van der Waals surface area (Å²) in [5.41, 5.74) is 6.03. The number of carbonyl (C=O) groups excluding carboxylic acids is 1. The van der Waals surface area contributed by atoms with Gasteiger partial charge in [0.25, 0.3) is 11.5 Å². The first kappa shape index (κ1) is 22.5. The zero-order valence-electron chi connectivity index (χ0n) is 19.1. The molecule has 4 aromatic rings. The van der Waals surface area contributed by atoms with Crippen LogP contribution in [0.2, 0.25) is 0 Å². The van der Waals surface area contributed by atoms with E-state index in [0.717, 1.165) is 33.2 Å². The molecule has 5 heteroatoms. The van der Waals surface area contributed by atoms with Gasteiger partial charge in [0, 0.05) is 23.2 Å². The maximum atomic E-state index is 13.4. The highest BCUT2D eigenvalue weighted by atomic mass is 19.1. The summed E-state index contributed by atoms with van der Waals surface area (Å²) in [5.74, 6) is -0.627. The van der Waals surface area contributed by atoms with E-state index in [-0.39, 0.29) is 18.0 Å². The minimum atomic E-state index is -0.394. The summed E-state index contributed by atoms with van der Waals surface area (Å²) < 4.78 is 13.4. The second-order valence-electron chi connectivity index (χ2n) is 8.56. The number of pyridine rings is 1. The number of aromatic amines is 1. The number of aromatic nitrogens is 1. The smallest absolute Gasteiger partial charge is 0.254 e. The Morgan fingerprint density at radius 1 is 0.879 bits per heavy atom. The normalized spacial score (nSPS) is 11.0. The Morgan fingerprint density at radius 3 is 2.30 bits per heavy atom. The van der Waals surface area contributed by atoms with E-state index in [2.05, 4.69) is 4.98 Å². The Bertz CT molecular complexity index is 1370. The van der Waals surface area contributed by atoms with Crippen LogP contribution >= 0.6 is 0 Å². The highest BCUT2D eigenvalue weighted by Crippen LogP contribution is 2.19. The third kappa shape index (κ3) is 5.03. The Labute approximate surface area is 192 Å². The Morgan fingerprint density at radius 2 is 1.58 bits per heavy atom. The van der Waals surface area contributed by atoms with Crippen molar-refractivity contribution in [3.05, 3.63) is 116 Å². The summed E-state index contributed by atoms with van der Waals surface area (Å²) in [6.45, 7) is 6.69. The molecule has 168 valence electrons. The molecule has 0 saturated heterocycles. The number of halogens is 1. The van der Waals surface area contributed by atoms with E-state index < -0.39 is 5.82 Å². The molecule has 1 heterocycles. The molecule has 33 heavy (non-hydrogen) atoms. The maximum Gasteiger partial charge on any atom is 0.254 e. The molecule has 0 radical (unpaired) electrons. The third-order valence-electron chi connectivity index (χ3n) is 6.19. The first-order valence-electron chi connectivity index (χ1n) is 11.0. The number of H-pyrrole nitrogens is 1. The molecule has 0 atom stereocenters. The summed E-state index contributed by atoms with van der Waals surface area (Å²) in [6, 6.07) is 19.4. The van der Waals surface area contributed by atoms with Crippen LogP contribution in [0.4, 0.5) is 4.39 Å². The summed E-state index contributed by atoms with van der Waals surface area (Å²) >= 11 is 0. The van der Waals surface area contributed by atoms with Gasteiger partial charge in [-0.05, 0) is 97.3 Å². The van der Waals surface area contributed by atoms with Crippen LogP contribution in [0, 0.1) is 26.6 Å². The molecule has 1 amide bonds. The van der Waals surface area contributed by atoms with Gasteiger partial charge in [-0.25, -0.2) is 4.39 Å². The average molecular weight is 443 g/mol. The summed E-state index contributed by atoms with van der Waals surface area (Å²) in [6.07, 6.45) is 0.656. The fourth-order valence-corrected chi connectivity index (χ4v) is 4.02. The standard InChI is InChI=1S/C28H27FN2O2/c1-18-6-4-5-7-21(18)12-13-31(28(33)22-8-10-25(29)11-9-22)17-24-16-23-14-19(2)20(3)15-26(23)30-27(24)32/h4-11,14-16H,12-13,17H2,1-3H3,(H,30,32). The first-order chi connectivity index (χ1) is 15.8.